The van der Waals surface area contributed by atoms with Crippen molar-refractivity contribution in [3.8, 4) is 0 Å². The Morgan fingerprint density at radius 1 is 1.53 bits per heavy atom. The Morgan fingerprint density at radius 3 is 2.76 bits per heavy atom. The van der Waals surface area contributed by atoms with E-state index < -0.39 is 10.7 Å². The van der Waals surface area contributed by atoms with Gasteiger partial charge < -0.3 is 14.8 Å². The molecule has 0 unspecified atom stereocenters. The van der Waals surface area contributed by atoms with Crippen LogP contribution in [0.5, 0.6) is 0 Å². The number of furan rings is 1. The highest BCUT2D eigenvalue weighted by Crippen LogP contribution is 2.23. The van der Waals surface area contributed by atoms with Crippen LogP contribution in [0.2, 0.25) is 0 Å². The van der Waals surface area contributed by atoms with E-state index in [4.69, 9.17) is 9.52 Å². The van der Waals surface area contributed by atoms with Crippen LogP contribution >= 0.6 is 11.8 Å². The number of rotatable bonds is 6. The molecule has 1 rings (SSSR count). The first-order valence-electron chi connectivity index (χ1n) is 5.08. The molecule has 6 heteroatoms. The lowest BCUT2D eigenvalue weighted by molar-refractivity contribution is -0.138. The fourth-order valence-electron chi connectivity index (χ4n) is 0.958. The molecule has 2 N–H and O–H groups in total. The molecule has 0 aromatic carbocycles. The van der Waals surface area contributed by atoms with Crippen molar-refractivity contribution in [2.24, 2.45) is 0 Å². The number of hydrogen-bond donors (Lipinski definition) is 2. The molecule has 1 aromatic rings. The Bertz CT molecular complexity index is 386. The summed E-state index contributed by atoms with van der Waals surface area (Å²) in [6.45, 7) is 3.46. The molecule has 17 heavy (non-hydrogen) atoms. The van der Waals surface area contributed by atoms with Crippen molar-refractivity contribution in [3.05, 3.63) is 24.2 Å². The second kappa shape index (κ2) is 5.77. The van der Waals surface area contributed by atoms with Crippen LogP contribution in [-0.4, -0.2) is 27.5 Å². The van der Waals surface area contributed by atoms with E-state index in [1.165, 1.54) is 6.26 Å². The number of carboxylic acid groups (broad SMARTS) is 1. The Kier molecular flexibility index (Phi) is 4.62. The molecule has 5 nitrogen and oxygen atoms in total. The molecule has 0 radical (unpaired) electrons. The van der Waals surface area contributed by atoms with Gasteiger partial charge in [-0.2, -0.15) is 0 Å². The van der Waals surface area contributed by atoms with Crippen LogP contribution in [0, 0.1) is 0 Å². The van der Waals surface area contributed by atoms with Gasteiger partial charge in [0.25, 0.3) is 0 Å². The minimum absolute atomic E-state index is 0.111. The zero-order valence-corrected chi connectivity index (χ0v) is 10.5. The van der Waals surface area contributed by atoms with Gasteiger partial charge >= 0.3 is 5.97 Å². The fraction of sp³-hybridized carbons (Fsp3) is 0.455. The molecule has 1 aromatic heterocycles. The quantitative estimate of drug-likeness (QED) is 0.807. The fourth-order valence-corrected chi connectivity index (χ4v) is 1.68. The van der Waals surface area contributed by atoms with Crippen molar-refractivity contribution in [1.29, 1.82) is 0 Å². The first-order chi connectivity index (χ1) is 7.92. The monoisotopic (exact) mass is 257 g/mol. The molecular formula is C11H15NO4S. The van der Waals surface area contributed by atoms with Gasteiger partial charge in [0.05, 0.1) is 18.6 Å². The maximum Gasteiger partial charge on any atom is 0.319 e. The number of thioether (sulfide) groups is 1. The molecule has 0 aliphatic carbocycles. The number of amides is 1. The third-order valence-corrected chi connectivity index (χ3v) is 3.42. The highest BCUT2D eigenvalue weighted by atomic mass is 32.2. The number of aliphatic carboxylic acids is 1. The van der Waals surface area contributed by atoms with Gasteiger partial charge in [0.1, 0.15) is 10.5 Å². The minimum atomic E-state index is -0.956. The number of carbonyl (C=O) groups excluding carboxylic acids is 1. The van der Waals surface area contributed by atoms with E-state index in [-0.39, 0.29) is 11.7 Å². The summed E-state index contributed by atoms with van der Waals surface area (Å²) in [5.41, 5.74) is 0. The summed E-state index contributed by atoms with van der Waals surface area (Å²) in [6, 6.07) is 3.50. The summed E-state index contributed by atoms with van der Waals surface area (Å²) in [6.07, 6.45) is 1.53. The van der Waals surface area contributed by atoms with Gasteiger partial charge in [-0.05, 0) is 26.0 Å². The summed E-state index contributed by atoms with van der Waals surface area (Å²) < 4.78 is 4.10. The highest BCUT2D eigenvalue weighted by Gasteiger charge is 2.28. The molecule has 0 atom stereocenters. The smallest absolute Gasteiger partial charge is 0.319 e. The predicted molar refractivity (Wildman–Crippen MR) is 64.7 cm³/mol. The zero-order valence-electron chi connectivity index (χ0n) is 9.73. The molecule has 1 amide bonds. The van der Waals surface area contributed by atoms with Crippen molar-refractivity contribution in [3.63, 3.8) is 0 Å². The van der Waals surface area contributed by atoms with Crippen molar-refractivity contribution < 1.29 is 19.1 Å². The van der Waals surface area contributed by atoms with Crippen LogP contribution in [0.1, 0.15) is 19.6 Å². The lowest BCUT2D eigenvalue weighted by atomic mass is 10.2. The van der Waals surface area contributed by atoms with E-state index >= 15 is 0 Å². The van der Waals surface area contributed by atoms with Crippen molar-refractivity contribution in [2.75, 3.05) is 5.75 Å². The SMILES string of the molecule is CC(C)(SCC(=O)NCc1ccco1)C(=O)O. The first-order valence-corrected chi connectivity index (χ1v) is 6.07. The third kappa shape index (κ3) is 4.52. The second-order valence-electron chi connectivity index (χ2n) is 3.96. The normalized spacial score (nSPS) is 11.2. The van der Waals surface area contributed by atoms with E-state index in [0.29, 0.717) is 12.3 Å². The summed E-state index contributed by atoms with van der Waals surface area (Å²) in [4.78, 5) is 22.3. The Balaban J connectivity index is 2.28. The molecule has 0 aliphatic heterocycles. The van der Waals surface area contributed by atoms with Crippen LogP contribution in [0.25, 0.3) is 0 Å². The molecule has 0 fully saturated rings. The lowest BCUT2D eigenvalue weighted by Gasteiger charge is -2.17. The van der Waals surface area contributed by atoms with E-state index in [1.807, 2.05) is 0 Å². The van der Waals surface area contributed by atoms with E-state index in [1.54, 1.807) is 26.0 Å². The zero-order chi connectivity index (χ0) is 12.9. The van der Waals surface area contributed by atoms with Crippen LogP contribution < -0.4 is 5.32 Å². The largest absolute Gasteiger partial charge is 0.480 e. The van der Waals surface area contributed by atoms with Crippen LogP contribution in [-0.2, 0) is 16.1 Å². The molecule has 0 aliphatic rings. The van der Waals surface area contributed by atoms with Crippen molar-refractivity contribution >= 4 is 23.6 Å². The predicted octanol–water partition coefficient (Wildman–Crippen LogP) is 1.49. The van der Waals surface area contributed by atoms with Gasteiger partial charge in [-0.15, -0.1) is 11.8 Å². The van der Waals surface area contributed by atoms with Crippen molar-refractivity contribution in [2.45, 2.75) is 25.1 Å². The van der Waals surface area contributed by atoms with E-state index in [0.717, 1.165) is 11.8 Å². The third-order valence-electron chi connectivity index (χ3n) is 2.12. The van der Waals surface area contributed by atoms with Crippen LogP contribution in [0.15, 0.2) is 22.8 Å². The number of carbonyl (C=O) groups is 2. The lowest BCUT2D eigenvalue weighted by Crippen LogP contribution is -2.31. The summed E-state index contributed by atoms with van der Waals surface area (Å²) in [5.74, 6) is -0.358. The number of hydrogen-bond acceptors (Lipinski definition) is 4. The standard InChI is InChI=1S/C11H15NO4S/c1-11(2,10(14)15)17-7-9(13)12-6-8-4-3-5-16-8/h3-5H,6-7H2,1-2H3,(H,12,13)(H,14,15). The Hall–Kier alpha value is -1.43. The van der Waals surface area contributed by atoms with Gasteiger partial charge in [0.2, 0.25) is 5.91 Å². The van der Waals surface area contributed by atoms with Gasteiger partial charge in [-0.1, -0.05) is 0 Å². The van der Waals surface area contributed by atoms with Crippen molar-refractivity contribution in [1.82, 2.24) is 5.32 Å². The molecule has 0 saturated carbocycles. The topological polar surface area (TPSA) is 79.5 Å². The first kappa shape index (κ1) is 13.6. The highest BCUT2D eigenvalue weighted by molar-refractivity contribution is 8.01. The molecule has 0 saturated heterocycles. The van der Waals surface area contributed by atoms with Gasteiger partial charge in [0, 0.05) is 0 Å². The summed E-state index contributed by atoms with van der Waals surface area (Å²) in [7, 11) is 0. The van der Waals surface area contributed by atoms with Crippen LogP contribution in [0.4, 0.5) is 0 Å². The minimum Gasteiger partial charge on any atom is -0.480 e. The maximum absolute atomic E-state index is 11.4. The van der Waals surface area contributed by atoms with E-state index in [9.17, 15) is 9.59 Å². The number of nitrogens with one attached hydrogen (secondary N) is 1. The molecule has 0 spiro atoms. The molecule has 94 valence electrons. The number of carboxylic acids is 1. The summed E-state index contributed by atoms with van der Waals surface area (Å²) in [5, 5.41) is 11.5. The van der Waals surface area contributed by atoms with Gasteiger partial charge in [-0.25, -0.2) is 0 Å². The van der Waals surface area contributed by atoms with Gasteiger partial charge in [0.15, 0.2) is 0 Å². The van der Waals surface area contributed by atoms with Gasteiger partial charge in [-0.3, -0.25) is 9.59 Å². The van der Waals surface area contributed by atoms with E-state index in [2.05, 4.69) is 5.32 Å². The average molecular weight is 257 g/mol. The van der Waals surface area contributed by atoms with Crippen LogP contribution in [0.3, 0.4) is 0 Å². The summed E-state index contributed by atoms with van der Waals surface area (Å²) >= 11 is 1.09. The molecule has 1 heterocycles. The molecular weight excluding hydrogens is 242 g/mol. The Labute approximate surface area is 104 Å². The maximum atomic E-state index is 11.4. The Morgan fingerprint density at radius 2 is 2.24 bits per heavy atom. The average Bonchev–Trinajstić information content (AvgIpc) is 2.76. The molecule has 0 bridgehead atoms. The second-order valence-corrected chi connectivity index (χ2v) is 5.56.